The summed E-state index contributed by atoms with van der Waals surface area (Å²) in [5, 5.41) is 7.53. The Hall–Kier alpha value is -1.36. The molecule has 126 valence electrons. The molecule has 1 aliphatic heterocycles. The second-order valence-electron chi connectivity index (χ2n) is 6.23. The van der Waals surface area contributed by atoms with Crippen LogP contribution in [0.15, 0.2) is 42.7 Å². The molecule has 1 N–H and O–H groups in total. The van der Waals surface area contributed by atoms with Gasteiger partial charge in [-0.25, -0.2) is 4.68 Å². The van der Waals surface area contributed by atoms with Gasteiger partial charge in [-0.05, 0) is 75.6 Å². The SMILES string of the molecule is CNCCC1CCN(Cc2ccc(-n3cccn3)cc2)CC1.Cl. The molecule has 2 aromatic rings. The molecule has 1 saturated heterocycles. The van der Waals surface area contributed by atoms with Crippen LogP contribution in [0.25, 0.3) is 5.69 Å². The van der Waals surface area contributed by atoms with Crippen molar-refractivity contribution >= 4 is 12.4 Å². The van der Waals surface area contributed by atoms with Gasteiger partial charge in [-0.15, -0.1) is 12.4 Å². The first-order valence-electron chi connectivity index (χ1n) is 8.31. The molecule has 0 atom stereocenters. The van der Waals surface area contributed by atoms with Crippen LogP contribution in [-0.4, -0.2) is 41.4 Å². The van der Waals surface area contributed by atoms with E-state index in [0.717, 1.165) is 24.7 Å². The summed E-state index contributed by atoms with van der Waals surface area (Å²) in [5.74, 6) is 0.908. The minimum Gasteiger partial charge on any atom is -0.320 e. The van der Waals surface area contributed by atoms with Crippen molar-refractivity contribution in [3.8, 4) is 5.69 Å². The number of benzene rings is 1. The predicted octanol–water partition coefficient (Wildman–Crippen LogP) is 3.12. The summed E-state index contributed by atoms with van der Waals surface area (Å²) >= 11 is 0. The van der Waals surface area contributed by atoms with Crippen molar-refractivity contribution in [2.75, 3.05) is 26.7 Å². The van der Waals surface area contributed by atoms with Crippen molar-refractivity contribution < 1.29 is 0 Å². The number of nitrogens with one attached hydrogen (secondary N) is 1. The molecule has 0 radical (unpaired) electrons. The van der Waals surface area contributed by atoms with Crippen molar-refractivity contribution in [2.45, 2.75) is 25.8 Å². The fraction of sp³-hybridized carbons (Fsp3) is 0.500. The molecular formula is C18H27ClN4. The first-order chi connectivity index (χ1) is 10.8. The molecule has 3 rings (SSSR count). The van der Waals surface area contributed by atoms with Gasteiger partial charge >= 0.3 is 0 Å². The molecule has 1 aromatic carbocycles. The lowest BCUT2D eigenvalue weighted by Gasteiger charge is -2.32. The van der Waals surface area contributed by atoms with Gasteiger partial charge < -0.3 is 5.32 Å². The summed E-state index contributed by atoms with van der Waals surface area (Å²) < 4.78 is 1.90. The van der Waals surface area contributed by atoms with Gasteiger partial charge in [-0.1, -0.05) is 12.1 Å². The molecule has 4 nitrogen and oxygen atoms in total. The Balaban J connectivity index is 0.00000192. The number of hydrogen-bond donors (Lipinski definition) is 1. The highest BCUT2D eigenvalue weighted by Gasteiger charge is 2.18. The zero-order chi connectivity index (χ0) is 15.2. The monoisotopic (exact) mass is 334 g/mol. The fourth-order valence-corrected chi connectivity index (χ4v) is 3.22. The van der Waals surface area contributed by atoms with E-state index < -0.39 is 0 Å². The number of rotatable bonds is 6. The molecule has 0 bridgehead atoms. The lowest BCUT2D eigenvalue weighted by Crippen LogP contribution is -2.34. The van der Waals surface area contributed by atoms with Gasteiger partial charge in [0.15, 0.2) is 0 Å². The molecule has 1 aromatic heterocycles. The van der Waals surface area contributed by atoms with Crippen LogP contribution in [0.1, 0.15) is 24.8 Å². The molecule has 5 heteroatoms. The smallest absolute Gasteiger partial charge is 0.0645 e. The minimum atomic E-state index is 0. The molecule has 1 aliphatic rings. The molecule has 23 heavy (non-hydrogen) atoms. The topological polar surface area (TPSA) is 33.1 Å². The summed E-state index contributed by atoms with van der Waals surface area (Å²) in [5.41, 5.74) is 2.52. The van der Waals surface area contributed by atoms with Gasteiger partial charge in [0.05, 0.1) is 5.69 Å². The summed E-state index contributed by atoms with van der Waals surface area (Å²) in [6, 6.07) is 10.7. The Morgan fingerprint density at radius 3 is 2.52 bits per heavy atom. The molecule has 1 fully saturated rings. The maximum Gasteiger partial charge on any atom is 0.0645 e. The molecule has 0 spiro atoms. The predicted molar refractivity (Wildman–Crippen MR) is 97.4 cm³/mol. The molecule has 0 saturated carbocycles. The van der Waals surface area contributed by atoms with Crippen molar-refractivity contribution in [1.82, 2.24) is 20.0 Å². The molecule has 0 amide bonds. The fourth-order valence-electron chi connectivity index (χ4n) is 3.22. The van der Waals surface area contributed by atoms with Crippen LogP contribution in [0.2, 0.25) is 0 Å². The highest BCUT2D eigenvalue weighted by atomic mass is 35.5. The number of nitrogens with zero attached hydrogens (tertiary/aromatic N) is 3. The number of piperidine rings is 1. The third-order valence-electron chi connectivity index (χ3n) is 4.62. The van der Waals surface area contributed by atoms with Crippen LogP contribution in [-0.2, 0) is 6.54 Å². The van der Waals surface area contributed by atoms with Gasteiger partial charge in [0.1, 0.15) is 0 Å². The van der Waals surface area contributed by atoms with Crippen LogP contribution in [0, 0.1) is 5.92 Å². The Kier molecular flexibility index (Phi) is 7.09. The third-order valence-corrected chi connectivity index (χ3v) is 4.62. The van der Waals surface area contributed by atoms with Gasteiger partial charge in [0.2, 0.25) is 0 Å². The van der Waals surface area contributed by atoms with E-state index in [1.165, 1.54) is 37.9 Å². The lowest BCUT2D eigenvalue weighted by molar-refractivity contribution is 0.172. The van der Waals surface area contributed by atoms with E-state index >= 15 is 0 Å². The van der Waals surface area contributed by atoms with E-state index in [-0.39, 0.29) is 12.4 Å². The number of halogens is 1. The van der Waals surface area contributed by atoms with Crippen molar-refractivity contribution in [1.29, 1.82) is 0 Å². The van der Waals surface area contributed by atoms with Crippen molar-refractivity contribution in [3.05, 3.63) is 48.3 Å². The Morgan fingerprint density at radius 2 is 1.91 bits per heavy atom. The Morgan fingerprint density at radius 1 is 1.17 bits per heavy atom. The van der Waals surface area contributed by atoms with Crippen molar-refractivity contribution in [2.24, 2.45) is 5.92 Å². The van der Waals surface area contributed by atoms with Crippen LogP contribution >= 0.6 is 12.4 Å². The Bertz CT molecular complexity index is 545. The van der Waals surface area contributed by atoms with Gasteiger partial charge in [0.25, 0.3) is 0 Å². The summed E-state index contributed by atoms with van der Waals surface area (Å²) in [7, 11) is 2.04. The minimum absolute atomic E-state index is 0. The molecule has 2 heterocycles. The highest BCUT2D eigenvalue weighted by Crippen LogP contribution is 2.21. The molecule has 0 aliphatic carbocycles. The first-order valence-corrected chi connectivity index (χ1v) is 8.31. The maximum atomic E-state index is 4.27. The largest absolute Gasteiger partial charge is 0.320 e. The van der Waals surface area contributed by atoms with Gasteiger partial charge in [0, 0.05) is 18.9 Å². The van der Waals surface area contributed by atoms with Crippen LogP contribution in [0.4, 0.5) is 0 Å². The second kappa shape index (κ2) is 9.06. The average molecular weight is 335 g/mol. The zero-order valence-corrected chi connectivity index (χ0v) is 14.6. The molecule has 0 unspecified atom stereocenters. The van der Waals surface area contributed by atoms with E-state index in [1.807, 2.05) is 30.2 Å². The van der Waals surface area contributed by atoms with E-state index in [2.05, 4.69) is 39.6 Å². The Labute approximate surface area is 145 Å². The summed E-state index contributed by atoms with van der Waals surface area (Å²) in [4.78, 5) is 2.58. The summed E-state index contributed by atoms with van der Waals surface area (Å²) in [6.07, 6.45) is 7.79. The standard InChI is InChI=1S/C18H26N4.ClH/c1-19-11-7-16-8-13-21(14-9-16)15-17-3-5-18(6-4-17)22-12-2-10-20-22;/h2-6,10,12,16,19H,7-9,11,13-15H2,1H3;1H. The third kappa shape index (κ3) is 5.06. The highest BCUT2D eigenvalue weighted by molar-refractivity contribution is 5.85. The van der Waals surface area contributed by atoms with Crippen molar-refractivity contribution in [3.63, 3.8) is 0 Å². The maximum absolute atomic E-state index is 4.27. The van der Waals surface area contributed by atoms with Gasteiger partial charge in [-0.3, -0.25) is 4.90 Å². The van der Waals surface area contributed by atoms with E-state index in [4.69, 9.17) is 0 Å². The number of hydrogen-bond acceptors (Lipinski definition) is 3. The normalized spacial score (nSPS) is 16.2. The number of likely N-dealkylation sites (tertiary alicyclic amines) is 1. The second-order valence-corrected chi connectivity index (χ2v) is 6.23. The summed E-state index contributed by atoms with van der Waals surface area (Å²) in [6.45, 7) is 4.68. The van der Waals surface area contributed by atoms with Crippen LogP contribution in [0.5, 0.6) is 0 Å². The van der Waals surface area contributed by atoms with E-state index in [9.17, 15) is 0 Å². The molecular weight excluding hydrogens is 308 g/mol. The quantitative estimate of drug-likeness (QED) is 0.881. The van der Waals surface area contributed by atoms with Crippen LogP contribution in [0.3, 0.4) is 0 Å². The van der Waals surface area contributed by atoms with Gasteiger partial charge in [-0.2, -0.15) is 5.10 Å². The zero-order valence-electron chi connectivity index (χ0n) is 13.8. The first kappa shape index (κ1) is 18.0. The lowest BCUT2D eigenvalue weighted by atomic mass is 9.93. The van der Waals surface area contributed by atoms with Crippen LogP contribution < -0.4 is 5.32 Å². The van der Waals surface area contributed by atoms with E-state index in [1.54, 1.807) is 0 Å². The number of aromatic nitrogens is 2. The average Bonchev–Trinajstić information content (AvgIpc) is 3.09. The van der Waals surface area contributed by atoms with E-state index in [0.29, 0.717) is 0 Å².